The van der Waals surface area contributed by atoms with E-state index in [1.54, 1.807) is 7.11 Å². The molecule has 0 saturated carbocycles. The third kappa shape index (κ3) is 5.01. The first kappa shape index (κ1) is 16.9. The summed E-state index contributed by atoms with van der Waals surface area (Å²) in [4.78, 5) is 0. The van der Waals surface area contributed by atoms with Crippen LogP contribution in [0.25, 0.3) is 0 Å². The average Bonchev–Trinajstić information content (AvgIpc) is 2.43. The fourth-order valence-electron chi connectivity index (χ4n) is 1.71. The second kappa shape index (κ2) is 8.88. The van der Waals surface area contributed by atoms with E-state index >= 15 is 0 Å². The van der Waals surface area contributed by atoms with E-state index in [-0.39, 0.29) is 19.3 Å². The van der Waals surface area contributed by atoms with Crippen LogP contribution in [-0.2, 0) is 9.39 Å². The van der Waals surface area contributed by atoms with Crippen LogP contribution in [0.2, 0.25) is 0 Å². The predicted octanol–water partition coefficient (Wildman–Crippen LogP) is -0.716. The van der Waals surface area contributed by atoms with Crippen LogP contribution < -0.4 is 11.2 Å². The molecule has 2 atom stereocenters. The number of rotatable bonds is 8. The molecule has 1 aromatic rings. The molecule has 7 heteroatoms. The third-order valence-corrected chi connectivity index (χ3v) is 3.77. The molecule has 106 valence electrons. The Labute approximate surface area is 127 Å². The highest BCUT2D eigenvalue weighted by atomic mass is 127. The molecule has 1 aromatic carbocycles. The summed E-state index contributed by atoms with van der Waals surface area (Å²) in [6.07, 6.45) is -1.08. The molecule has 0 aliphatic rings. The largest absolute Gasteiger partial charge is 0.427 e. The van der Waals surface area contributed by atoms with Crippen molar-refractivity contribution >= 4 is 35.5 Å². The maximum Gasteiger partial charge on any atom is 0.310 e. The first-order valence-electron chi connectivity index (χ1n) is 6.00. The first-order chi connectivity index (χ1) is 9.13. The number of aliphatic hydroxyl groups excluding tert-OH is 2. The van der Waals surface area contributed by atoms with E-state index < -0.39 is 6.10 Å². The molecule has 0 aliphatic heterocycles. The van der Waals surface area contributed by atoms with Gasteiger partial charge in [-0.2, -0.15) is 0 Å². The molecule has 0 fully saturated rings. The highest BCUT2D eigenvalue weighted by Gasteiger charge is 2.17. The Hall–Kier alpha value is -0.185. The van der Waals surface area contributed by atoms with Crippen molar-refractivity contribution in [3.8, 4) is 0 Å². The monoisotopic (exact) mass is 379 g/mol. The van der Waals surface area contributed by atoms with Gasteiger partial charge in [-0.25, -0.2) is 0 Å². The van der Waals surface area contributed by atoms with Crippen molar-refractivity contribution in [1.29, 1.82) is 0 Å². The van der Waals surface area contributed by atoms with Crippen LogP contribution in [0, 0.1) is 3.57 Å². The van der Waals surface area contributed by atoms with Crippen molar-refractivity contribution in [1.82, 2.24) is 0 Å². The van der Waals surface area contributed by atoms with Gasteiger partial charge in [0.2, 0.25) is 0 Å². The summed E-state index contributed by atoms with van der Waals surface area (Å²) in [5.74, 6) is 0. The predicted molar refractivity (Wildman–Crippen MR) is 83.8 cm³/mol. The minimum atomic E-state index is -0.705. The Morgan fingerprint density at radius 3 is 2.79 bits per heavy atom. The van der Waals surface area contributed by atoms with Gasteiger partial charge in [-0.1, -0.05) is 12.1 Å². The molecule has 0 radical (unpaired) electrons. The number of benzene rings is 1. The molecule has 0 bridgehead atoms. The van der Waals surface area contributed by atoms with Gasteiger partial charge in [0.25, 0.3) is 0 Å². The van der Waals surface area contributed by atoms with Crippen LogP contribution in [0.5, 0.6) is 0 Å². The molecule has 0 amide bonds. The van der Waals surface area contributed by atoms with Crippen molar-refractivity contribution in [2.24, 2.45) is 5.73 Å². The van der Waals surface area contributed by atoms with Gasteiger partial charge in [-0.15, -0.1) is 0 Å². The summed E-state index contributed by atoms with van der Waals surface area (Å²) in [6, 6.07) is 5.65. The summed E-state index contributed by atoms with van der Waals surface area (Å²) in [5, 5.41) is 19.1. The summed E-state index contributed by atoms with van der Waals surface area (Å²) >= 11 is 2.19. The molecule has 0 aliphatic carbocycles. The lowest BCUT2D eigenvalue weighted by Gasteiger charge is -2.18. The number of aliphatic hydroxyl groups is 2. The normalized spacial score (nSPS) is 14.2. The van der Waals surface area contributed by atoms with E-state index in [2.05, 4.69) is 22.6 Å². The minimum absolute atomic E-state index is 0.105. The van der Waals surface area contributed by atoms with Gasteiger partial charge in [0, 0.05) is 17.2 Å². The van der Waals surface area contributed by atoms with Crippen LogP contribution in [0.3, 0.4) is 0 Å². The SMILES string of the molecule is COCC(CO)OBc1c(I)cccc1C(O)CN. The van der Waals surface area contributed by atoms with E-state index in [0.29, 0.717) is 14.1 Å². The number of ether oxygens (including phenoxy) is 1. The Morgan fingerprint density at radius 2 is 2.21 bits per heavy atom. The summed E-state index contributed by atoms with van der Waals surface area (Å²) < 4.78 is 11.6. The zero-order chi connectivity index (χ0) is 14.3. The Balaban J connectivity index is 2.81. The molecule has 2 unspecified atom stereocenters. The molecule has 1 rings (SSSR count). The minimum Gasteiger partial charge on any atom is -0.427 e. The molecular weight excluding hydrogens is 360 g/mol. The van der Waals surface area contributed by atoms with Crippen LogP contribution >= 0.6 is 22.6 Å². The lowest BCUT2D eigenvalue weighted by atomic mass is 9.81. The molecule has 5 nitrogen and oxygen atoms in total. The summed E-state index contributed by atoms with van der Waals surface area (Å²) in [7, 11) is 1.86. The average molecular weight is 379 g/mol. The number of hydrogen-bond donors (Lipinski definition) is 3. The van der Waals surface area contributed by atoms with Crippen molar-refractivity contribution in [3.63, 3.8) is 0 Å². The smallest absolute Gasteiger partial charge is 0.310 e. The van der Waals surface area contributed by atoms with Gasteiger partial charge in [-0.3, -0.25) is 0 Å². The van der Waals surface area contributed by atoms with Gasteiger partial charge in [-0.05, 0) is 39.7 Å². The van der Waals surface area contributed by atoms with Gasteiger partial charge in [0.05, 0.1) is 25.4 Å². The number of methoxy groups -OCH3 is 1. The maximum absolute atomic E-state index is 9.90. The van der Waals surface area contributed by atoms with Crippen molar-refractivity contribution < 1.29 is 19.6 Å². The van der Waals surface area contributed by atoms with Crippen LogP contribution in [-0.4, -0.2) is 50.7 Å². The topological polar surface area (TPSA) is 84.9 Å². The highest BCUT2D eigenvalue weighted by molar-refractivity contribution is 14.1. The first-order valence-corrected chi connectivity index (χ1v) is 7.08. The van der Waals surface area contributed by atoms with Crippen molar-refractivity contribution in [2.45, 2.75) is 12.2 Å². The fourth-order valence-corrected chi connectivity index (χ4v) is 2.38. The van der Waals surface area contributed by atoms with Crippen molar-refractivity contribution in [3.05, 3.63) is 27.3 Å². The number of hydrogen-bond acceptors (Lipinski definition) is 5. The molecule has 0 spiro atoms. The molecular formula is C12H19BINO4. The van der Waals surface area contributed by atoms with E-state index in [4.69, 9.17) is 20.2 Å². The lowest BCUT2D eigenvalue weighted by molar-refractivity contribution is 0.0446. The second-order valence-corrected chi connectivity index (χ2v) is 5.29. The van der Waals surface area contributed by atoms with E-state index in [1.807, 2.05) is 18.2 Å². The Bertz CT molecular complexity index is 394. The third-order valence-electron chi connectivity index (χ3n) is 2.76. The Morgan fingerprint density at radius 1 is 1.47 bits per heavy atom. The van der Waals surface area contributed by atoms with E-state index in [1.165, 1.54) is 0 Å². The van der Waals surface area contributed by atoms with Gasteiger partial charge < -0.3 is 25.3 Å². The molecule has 0 saturated heterocycles. The van der Waals surface area contributed by atoms with E-state index in [9.17, 15) is 5.11 Å². The second-order valence-electron chi connectivity index (χ2n) is 4.13. The van der Waals surface area contributed by atoms with Crippen LogP contribution in [0.4, 0.5) is 0 Å². The summed E-state index contributed by atoms with van der Waals surface area (Å²) in [5.41, 5.74) is 7.17. The molecule has 0 aromatic heterocycles. The standard InChI is InChI=1S/C12H19BINO4/c1-18-7-8(6-16)19-13-12-9(11(17)5-15)3-2-4-10(12)14/h2-4,8,11,13,16-17H,5-7,15H2,1H3. The lowest BCUT2D eigenvalue weighted by Crippen LogP contribution is -2.34. The zero-order valence-corrected chi connectivity index (χ0v) is 13.0. The van der Waals surface area contributed by atoms with E-state index in [0.717, 1.165) is 14.6 Å². The molecule has 19 heavy (non-hydrogen) atoms. The van der Waals surface area contributed by atoms with Gasteiger partial charge in [0.1, 0.15) is 0 Å². The number of nitrogens with two attached hydrogens (primary N) is 1. The highest BCUT2D eigenvalue weighted by Crippen LogP contribution is 2.13. The zero-order valence-electron chi connectivity index (χ0n) is 10.9. The molecule has 0 heterocycles. The van der Waals surface area contributed by atoms with Crippen molar-refractivity contribution in [2.75, 3.05) is 26.9 Å². The quantitative estimate of drug-likeness (QED) is 0.411. The number of halogens is 1. The van der Waals surface area contributed by atoms with Crippen LogP contribution in [0.15, 0.2) is 18.2 Å². The van der Waals surface area contributed by atoms with Gasteiger partial charge >= 0.3 is 7.48 Å². The molecule has 4 N–H and O–H groups in total. The van der Waals surface area contributed by atoms with Gasteiger partial charge in [0.15, 0.2) is 0 Å². The fraction of sp³-hybridized carbons (Fsp3) is 0.500. The summed E-state index contributed by atoms with van der Waals surface area (Å²) in [6.45, 7) is 0.384. The van der Waals surface area contributed by atoms with Crippen LogP contribution in [0.1, 0.15) is 11.7 Å². The Kier molecular flexibility index (Phi) is 7.88. The maximum atomic E-state index is 9.90.